The quantitative estimate of drug-likeness (QED) is 0.488. The Labute approximate surface area is 182 Å². The predicted octanol–water partition coefficient (Wildman–Crippen LogP) is 4.69. The van der Waals surface area contributed by atoms with Crippen molar-refractivity contribution in [1.29, 1.82) is 0 Å². The molecular formula is C18H12ClF4N3O3S2. The van der Waals surface area contributed by atoms with Crippen molar-refractivity contribution in [3.05, 3.63) is 75.5 Å². The minimum Gasteiger partial charge on any atom is -0.348 e. The number of nitrogens with zero attached hydrogens (tertiary/aromatic N) is 1. The van der Waals surface area contributed by atoms with Crippen LogP contribution in [-0.2, 0) is 22.7 Å². The van der Waals surface area contributed by atoms with E-state index in [1.165, 1.54) is 11.6 Å². The molecule has 164 valence electrons. The van der Waals surface area contributed by atoms with E-state index in [2.05, 4.69) is 15.0 Å². The van der Waals surface area contributed by atoms with Crippen LogP contribution in [0.3, 0.4) is 0 Å². The van der Waals surface area contributed by atoms with Crippen LogP contribution in [0.2, 0.25) is 5.02 Å². The molecule has 13 heteroatoms. The number of aromatic nitrogens is 1. The first-order valence-electron chi connectivity index (χ1n) is 8.33. The zero-order valence-corrected chi connectivity index (χ0v) is 17.6. The number of benzene rings is 2. The summed E-state index contributed by atoms with van der Waals surface area (Å²) in [5, 5.41) is 3.47. The molecule has 6 nitrogen and oxygen atoms in total. The van der Waals surface area contributed by atoms with E-state index in [-0.39, 0.29) is 17.2 Å². The second kappa shape index (κ2) is 8.81. The van der Waals surface area contributed by atoms with Crippen molar-refractivity contribution in [3.63, 3.8) is 0 Å². The largest absolute Gasteiger partial charge is 0.417 e. The molecule has 0 atom stereocenters. The summed E-state index contributed by atoms with van der Waals surface area (Å²) in [5.74, 6) is -1.92. The average Bonchev–Trinajstić information content (AvgIpc) is 3.17. The van der Waals surface area contributed by atoms with Gasteiger partial charge < -0.3 is 5.32 Å². The Morgan fingerprint density at radius 1 is 1.16 bits per heavy atom. The van der Waals surface area contributed by atoms with Crippen LogP contribution in [-0.4, -0.2) is 19.3 Å². The first-order valence-corrected chi connectivity index (χ1v) is 11.1. The highest BCUT2D eigenvalue weighted by molar-refractivity contribution is 7.93. The van der Waals surface area contributed by atoms with E-state index in [1.54, 1.807) is 0 Å². The van der Waals surface area contributed by atoms with Crippen LogP contribution in [0, 0.1) is 5.82 Å². The molecule has 0 saturated carbocycles. The fraction of sp³-hybridized carbons (Fsp3) is 0.111. The van der Waals surface area contributed by atoms with Gasteiger partial charge in [0.1, 0.15) is 10.7 Å². The average molecular weight is 494 g/mol. The third-order valence-electron chi connectivity index (χ3n) is 3.93. The van der Waals surface area contributed by atoms with Gasteiger partial charge in [0.15, 0.2) is 5.13 Å². The number of hydrogen-bond donors (Lipinski definition) is 2. The third kappa shape index (κ3) is 5.51. The lowest BCUT2D eigenvalue weighted by Crippen LogP contribution is -2.23. The molecule has 3 rings (SSSR count). The topological polar surface area (TPSA) is 88.2 Å². The number of thiazole rings is 1. The Morgan fingerprint density at radius 3 is 2.48 bits per heavy atom. The molecule has 2 aromatic carbocycles. The molecule has 0 spiro atoms. The number of alkyl halides is 3. The van der Waals surface area contributed by atoms with Crippen LogP contribution in [0.4, 0.5) is 22.7 Å². The van der Waals surface area contributed by atoms with E-state index in [1.807, 2.05) is 0 Å². The highest BCUT2D eigenvalue weighted by atomic mass is 35.5. The summed E-state index contributed by atoms with van der Waals surface area (Å²) in [6.45, 7) is -0.177. The van der Waals surface area contributed by atoms with E-state index in [9.17, 15) is 30.8 Å². The van der Waals surface area contributed by atoms with Crippen molar-refractivity contribution in [2.24, 2.45) is 0 Å². The predicted molar refractivity (Wildman–Crippen MR) is 107 cm³/mol. The molecule has 0 radical (unpaired) electrons. The SMILES string of the molecule is O=C(NCc1ccc(C(F)(F)F)c(Cl)c1)c1ccc(S(=O)(=O)Nc2nccs2)c(F)c1. The van der Waals surface area contributed by atoms with Crippen molar-refractivity contribution in [2.75, 3.05) is 4.72 Å². The van der Waals surface area contributed by atoms with Gasteiger partial charge in [0.25, 0.3) is 15.9 Å². The molecule has 0 unspecified atom stereocenters. The molecule has 0 saturated heterocycles. The number of carbonyl (C=O) groups excluding carboxylic acids is 1. The molecule has 0 aliphatic heterocycles. The van der Waals surface area contributed by atoms with E-state index in [4.69, 9.17) is 11.6 Å². The number of hydrogen-bond acceptors (Lipinski definition) is 5. The van der Waals surface area contributed by atoms with Gasteiger partial charge in [-0.25, -0.2) is 17.8 Å². The summed E-state index contributed by atoms with van der Waals surface area (Å²) in [4.78, 5) is 15.3. The van der Waals surface area contributed by atoms with Crippen LogP contribution < -0.4 is 10.0 Å². The molecule has 31 heavy (non-hydrogen) atoms. The maximum atomic E-state index is 14.4. The minimum absolute atomic E-state index is 0.0522. The summed E-state index contributed by atoms with van der Waals surface area (Å²) >= 11 is 6.64. The van der Waals surface area contributed by atoms with Gasteiger partial charge >= 0.3 is 6.18 Å². The van der Waals surface area contributed by atoms with Gasteiger partial charge in [-0.1, -0.05) is 17.7 Å². The number of rotatable bonds is 6. The summed E-state index contributed by atoms with van der Waals surface area (Å²) in [5.41, 5.74) is -0.892. The van der Waals surface area contributed by atoms with Crippen LogP contribution in [0.15, 0.2) is 52.9 Å². The van der Waals surface area contributed by atoms with Gasteiger partial charge in [-0.15, -0.1) is 11.3 Å². The van der Waals surface area contributed by atoms with E-state index >= 15 is 0 Å². The Bertz CT molecular complexity index is 1220. The van der Waals surface area contributed by atoms with Gasteiger partial charge in [0, 0.05) is 23.7 Å². The zero-order valence-electron chi connectivity index (χ0n) is 15.2. The van der Waals surface area contributed by atoms with Gasteiger partial charge in [0.05, 0.1) is 10.6 Å². The Hall–Kier alpha value is -2.70. The molecule has 0 bridgehead atoms. The molecule has 1 heterocycles. The van der Waals surface area contributed by atoms with E-state index in [0.29, 0.717) is 5.56 Å². The lowest BCUT2D eigenvalue weighted by molar-refractivity contribution is -0.137. The highest BCUT2D eigenvalue weighted by Crippen LogP contribution is 2.34. The number of amides is 1. The second-order valence-electron chi connectivity index (χ2n) is 6.08. The molecule has 1 aromatic heterocycles. The van der Waals surface area contributed by atoms with Crippen molar-refractivity contribution >= 4 is 44.0 Å². The fourth-order valence-corrected chi connectivity index (χ4v) is 4.65. The van der Waals surface area contributed by atoms with Gasteiger partial charge in [-0.05, 0) is 35.9 Å². The molecule has 1 amide bonds. The molecule has 3 aromatic rings. The third-order valence-corrected chi connectivity index (χ3v) is 6.43. The second-order valence-corrected chi connectivity index (χ2v) is 9.04. The minimum atomic E-state index is -4.60. The van der Waals surface area contributed by atoms with Crippen molar-refractivity contribution in [3.8, 4) is 0 Å². The van der Waals surface area contributed by atoms with E-state index < -0.39 is 43.4 Å². The molecule has 0 aliphatic rings. The maximum absolute atomic E-state index is 14.4. The Kier molecular flexibility index (Phi) is 6.53. The van der Waals surface area contributed by atoms with Crippen molar-refractivity contribution in [1.82, 2.24) is 10.3 Å². The van der Waals surface area contributed by atoms with Crippen LogP contribution in [0.25, 0.3) is 0 Å². The van der Waals surface area contributed by atoms with Gasteiger partial charge in [-0.2, -0.15) is 13.2 Å². The number of carbonyl (C=O) groups is 1. The molecular weight excluding hydrogens is 482 g/mol. The van der Waals surface area contributed by atoms with Crippen molar-refractivity contribution < 1.29 is 30.8 Å². The first-order chi connectivity index (χ1) is 14.5. The summed E-state index contributed by atoms with van der Waals surface area (Å²) in [7, 11) is -4.25. The van der Waals surface area contributed by atoms with Crippen LogP contribution in [0.5, 0.6) is 0 Å². The summed E-state index contributed by atoms with van der Waals surface area (Å²) in [6.07, 6.45) is -3.23. The van der Waals surface area contributed by atoms with Gasteiger partial charge in [0.2, 0.25) is 0 Å². The van der Waals surface area contributed by atoms with Crippen LogP contribution >= 0.6 is 22.9 Å². The molecule has 0 aliphatic carbocycles. The summed E-state index contributed by atoms with van der Waals surface area (Å²) < 4.78 is 79.2. The Morgan fingerprint density at radius 2 is 1.90 bits per heavy atom. The van der Waals surface area contributed by atoms with Crippen molar-refractivity contribution in [2.45, 2.75) is 17.6 Å². The lowest BCUT2D eigenvalue weighted by atomic mass is 10.1. The zero-order chi connectivity index (χ0) is 22.8. The smallest absolute Gasteiger partial charge is 0.348 e. The molecule has 0 fully saturated rings. The lowest BCUT2D eigenvalue weighted by Gasteiger charge is -2.11. The Balaban J connectivity index is 1.70. The standard InChI is InChI=1S/C18H12ClF4N3O3S2/c19-13-7-10(1-3-12(13)18(21,22)23)9-25-16(27)11-2-4-15(14(20)8-11)31(28,29)26-17-24-5-6-30-17/h1-8H,9H2,(H,24,26)(H,25,27). The normalized spacial score (nSPS) is 11.9. The monoisotopic (exact) mass is 493 g/mol. The number of nitrogens with one attached hydrogen (secondary N) is 2. The number of halogens is 5. The maximum Gasteiger partial charge on any atom is 0.417 e. The highest BCUT2D eigenvalue weighted by Gasteiger charge is 2.33. The number of sulfonamides is 1. The summed E-state index contributed by atoms with van der Waals surface area (Å²) in [6, 6.07) is 5.77. The molecule has 2 N–H and O–H groups in total. The fourth-order valence-electron chi connectivity index (χ4n) is 2.49. The first kappa shape index (κ1) is 23.0. The van der Waals surface area contributed by atoms with Gasteiger partial charge in [-0.3, -0.25) is 9.52 Å². The van der Waals surface area contributed by atoms with E-state index in [0.717, 1.165) is 47.7 Å². The number of anilines is 1. The van der Waals surface area contributed by atoms with Crippen LogP contribution in [0.1, 0.15) is 21.5 Å².